The predicted molar refractivity (Wildman–Crippen MR) is 98.6 cm³/mol. The molecule has 0 heterocycles. The van der Waals surface area contributed by atoms with Crippen LogP contribution in [0, 0.1) is 6.92 Å². The Morgan fingerprint density at radius 1 is 0.905 bits per heavy atom. The number of alkyl halides is 1. The second kappa shape index (κ2) is 6.12. The number of halogens is 3. The topological polar surface area (TPSA) is 0 Å². The van der Waals surface area contributed by atoms with Gasteiger partial charge >= 0.3 is 0 Å². The quantitative estimate of drug-likeness (QED) is 0.387. The Morgan fingerprint density at radius 2 is 1.62 bits per heavy atom. The summed E-state index contributed by atoms with van der Waals surface area (Å²) in [6.45, 7) is 2.11. The van der Waals surface area contributed by atoms with Gasteiger partial charge in [-0.15, -0.1) is 0 Å². The fourth-order valence-corrected chi connectivity index (χ4v) is 4.32. The van der Waals surface area contributed by atoms with Crippen molar-refractivity contribution in [3.05, 3.63) is 80.8 Å². The van der Waals surface area contributed by atoms with Crippen LogP contribution < -0.4 is 0 Å². The predicted octanol–water partition coefficient (Wildman–Crippen LogP) is 7.05. The van der Waals surface area contributed by atoms with Crippen LogP contribution in [0.5, 0.6) is 0 Å². The molecule has 106 valence electrons. The van der Waals surface area contributed by atoms with E-state index in [9.17, 15) is 0 Å². The lowest BCUT2D eigenvalue weighted by atomic mass is 9.97. The number of rotatable bonds is 2. The molecular formula is C18H13Br2Cl. The van der Waals surface area contributed by atoms with E-state index < -0.39 is 0 Å². The van der Waals surface area contributed by atoms with E-state index in [4.69, 9.17) is 11.6 Å². The van der Waals surface area contributed by atoms with E-state index in [0.717, 1.165) is 14.9 Å². The van der Waals surface area contributed by atoms with Crippen molar-refractivity contribution in [2.75, 3.05) is 0 Å². The molecule has 0 radical (unpaired) electrons. The molecule has 0 amide bonds. The number of fused-ring (bicyclic) bond motifs is 1. The van der Waals surface area contributed by atoms with E-state index in [1.54, 1.807) is 0 Å². The summed E-state index contributed by atoms with van der Waals surface area (Å²) in [5.74, 6) is 0. The molecule has 0 bridgehead atoms. The molecule has 0 fully saturated rings. The zero-order chi connectivity index (χ0) is 15.0. The Labute approximate surface area is 146 Å². The highest BCUT2D eigenvalue weighted by Crippen LogP contribution is 2.40. The van der Waals surface area contributed by atoms with Crippen LogP contribution in [0.2, 0.25) is 5.02 Å². The molecule has 0 N–H and O–H groups in total. The van der Waals surface area contributed by atoms with Gasteiger partial charge in [0.05, 0.1) is 4.83 Å². The molecule has 0 saturated carbocycles. The number of hydrogen-bond acceptors (Lipinski definition) is 0. The largest absolute Gasteiger partial charge is 0.0837 e. The van der Waals surface area contributed by atoms with Gasteiger partial charge in [-0.05, 0) is 35.6 Å². The first-order valence-electron chi connectivity index (χ1n) is 6.65. The van der Waals surface area contributed by atoms with E-state index in [-0.39, 0.29) is 4.83 Å². The van der Waals surface area contributed by atoms with Crippen molar-refractivity contribution in [3.63, 3.8) is 0 Å². The van der Waals surface area contributed by atoms with E-state index >= 15 is 0 Å². The molecule has 3 aromatic carbocycles. The van der Waals surface area contributed by atoms with E-state index in [1.165, 1.54) is 22.1 Å². The molecule has 1 unspecified atom stereocenters. The van der Waals surface area contributed by atoms with Crippen molar-refractivity contribution in [1.29, 1.82) is 0 Å². The normalized spacial score (nSPS) is 12.6. The molecule has 0 aliphatic rings. The maximum absolute atomic E-state index is 6.31. The minimum atomic E-state index is 0.119. The van der Waals surface area contributed by atoms with Gasteiger partial charge in [0.1, 0.15) is 0 Å². The van der Waals surface area contributed by atoms with Crippen molar-refractivity contribution >= 4 is 54.2 Å². The third kappa shape index (κ3) is 2.90. The molecule has 0 aliphatic heterocycles. The van der Waals surface area contributed by atoms with Crippen LogP contribution in [0.25, 0.3) is 10.8 Å². The minimum Gasteiger partial charge on any atom is -0.0837 e. The maximum atomic E-state index is 6.31. The van der Waals surface area contributed by atoms with Crippen LogP contribution in [-0.2, 0) is 0 Å². The van der Waals surface area contributed by atoms with Gasteiger partial charge in [-0.3, -0.25) is 0 Å². The van der Waals surface area contributed by atoms with Gasteiger partial charge in [-0.25, -0.2) is 0 Å². The van der Waals surface area contributed by atoms with Crippen molar-refractivity contribution in [1.82, 2.24) is 0 Å². The highest BCUT2D eigenvalue weighted by Gasteiger charge is 2.17. The van der Waals surface area contributed by atoms with Crippen LogP contribution in [0.15, 0.2) is 59.1 Å². The summed E-state index contributed by atoms with van der Waals surface area (Å²) in [5.41, 5.74) is 3.69. The molecule has 3 aromatic rings. The Balaban J connectivity index is 2.20. The van der Waals surface area contributed by atoms with Crippen LogP contribution >= 0.6 is 43.5 Å². The minimum absolute atomic E-state index is 0.119. The standard InChI is InChI=1S/C18H13Br2Cl/c1-11-6-8-16(19)15(10-11)18(20)14-7-9-17(21)13-5-3-2-4-12(13)14/h2-10,18H,1H3. The summed E-state index contributed by atoms with van der Waals surface area (Å²) < 4.78 is 1.11. The van der Waals surface area contributed by atoms with Gasteiger partial charge in [0.25, 0.3) is 0 Å². The van der Waals surface area contributed by atoms with Crippen molar-refractivity contribution in [3.8, 4) is 0 Å². The molecule has 3 rings (SSSR count). The summed E-state index contributed by atoms with van der Waals surface area (Å²) in [6.07, 6.45) is 0. The highest BCUT2D eigenvalue weighted by atomic mass is 79.9. The first-order valence-corrected chi connectivity index (χ1v) is 8.74. The Morgan fingerprint density at radius 3 is 2.38 bits per heavy atom. The van der Waals surface area contributed by atoms with Gasteiger partial charge in [0.15, 0.2) is 0 Å². The monoisotopic (exact) mass is 422 g/mol. The lowest BCUT2D eigenvalue weighted by Gasteiger charge is -2.16. The first kappa shape index (κ1) is 15.1. The molecule has 0 spiro atoms. The molecule has 3 heteroatoms. The third-order valence-electron chi connectivity index (χ3n) is 3.60. The fourth-order valence-electron chi connectivity index (χ4n) is 2.53. The summed E-state index contributed by atoms with van der Waals surface area (Å²) >= 11 is 13.8. The number of benzene rings is 3. The average molecular weight is 425 g/mol. The molecule has 0 saturated heterocycles. The maximum Gasteiger partial charge on any atom is 0.0661 e. The van der Waals surface area contributed by atoms with Gasteiger partial charge in [0, 0.05) is 14.9 Å². The summed E-state index contributed by atoms with van der Waals surface area (Å²) in [6, 6.07) is 18.7. The van der Waals surface area contributed by atoms with Crippen molar-refractivity contribution < 1.29 is 0 Å². The highest BCUT2D eigenvalue weighted by molar-refractivity contribution is 9.11. The van der Waals surface area contributed by atoms with E-state index in [0.29, 0.717) is 0 Å². The van der Waals surface area contributed by atoms with Crippen LogP contribution in [0.1, 0.15) is 21.5 Å². The summed E-state index contributed by atoms with van der Waals surface area (Å²) in [5, 5.41) is 3.06. The first-order chi connectivity index (χ1) is 10.1. The van der Waals surface area contributed by atoms with Gasteiger partial charge < -0.3 is 0 Å². The molecule has 21 heavy (non-hydrogen) atoms. The van der Waals surface area contributed by atoms with Crippen molar-refractivity contribution in [2.45, 2.75) is 11.8 Å². The van der Waals surface area contributed by atoms with Gasteiger partial charge in [0.2, 0.25) is 0 Å². The Hall–Kier alpha value is -0.830. The molecule has 0 nitrogen and oxygen atoms in total. The zero-order valence-corrected chi connectivity index (χ0v) is 15.3. The second-order valence-electron chi connectivity index (χ2n) is 5.07. The smallest absolute Gasteiger partial charge is 0.0661 e. The van der Waals surface area contributed by atoms with Gasteiger partial charge in [-0.1, -0.05) is 91.5 Å². The Kier molecular flexibility index (Phi) is 4.39. The number of hydrogen-bond donors (Lipinski definition) is 0. The summed E-state index contributed by atoms with van der Waals surface area (Å²) in [4.78, 5) is 0.119. The zero-order valence-electron chi connectivity index (χ0n) is 11.4. The molecule has 1 atom stereocenters. The average Bonchev–Trinajstić information content (AvgIpc) is 2.50. The SMILES string of the molecule is Cc1ccc(Br)c(C(Br)c2ccc(Cl)c3ccccc23)c1. The molecular weight excluding hydrogens is 411 g/mol. The van der Waals surface area contributed by atoms with E-state index in [1.807, 2.05) is 18.2 Å². The molecule has 0 aliphatic carbocycles. The van der Waals surface area contributed by atoms with Crippen LogP contribution in [-0.4, -0.2) is 0 Å². The van der Waals surface area contributed by atoms with Crippen LogP contribution in [0.3, 0.4) is 0 Å². The van der Waals surface area contributed by atoms with Crippen LogP contribution in [0.4, 0.5) is 0 Å². The van der Waals surface area contributed by atoms with E-state index in [2.05, 4.69) is 75.2 Å². The number of aryl methyl sites for hydroxylation is 1. The summed E-state index contributed by atoms with van der Waals surface area (Å²) in [7, 11) is 0. The fraction of sp³-hybridized carbons (Fsp3) is 0.111. The van der Waals surface area contributed by atoms with Gasteiger partial charge in [-0.2, -0.15) is 0 Å². The van der Waals surface area contributed by atoms with Crippen molar-refractivity contribution in [2.24, 2.45) is 0 Å². The Bertz CT molecular complexity index is 811. The lowest BCUT2D eigenvalue weighted by Crippen LogP contribution is -1.96. The third-order valence-corrected chi connectivity index (χ3v) is 5.64. The second-order valence-corrected chi connectivity index (χ2v) is 7.25. The molecule has 0 aromatic heterocycles. The lowest BCUT2D eigenvalue weighted by molar-refractivity contribution is 1.17.